The minimum atomic E-state index is -1.23. The number of methoxy groups -OCH3 is 1. The van der Waals surface area contributed by atoms with E-state index < -0.39 is 12.1 Å². The zero-order chi connectivity index (χ0) is 11.3. The van der Waals surface area contributed by atoms with Crippen LogP contribution >= 0.6 is 0 Å². The van der Waals surface area contributed by atoms with Gasteiger partial charge in [-0.3, -0.25) is 0 Å². The van der Waals surface area contributed by atoms with Crippen molar-refractivity contribution < 1.29 is 24.9 Å². The van der Waals surface area contributed by atoms with Gasteiger partial charge >= 0.3 is 0 Å². The molecule has 13 heavy (non-hydrogen) atoms. The molecule has 1 atom stereocenters. The van der Waals surface area contributed by atoms with E-state index in [1.165, 1.54) is 6.92 Å². The maximum atomic E-state index is 9.14. The van der Waals surface area contributed by atoms with Gasteiger partial charge in [0.25, 0.3) is 0 Å². The Labute approximate surface area is 78.3 Å². The predicted molar refractivity (Wildman–Crippen MR) is 46.9 cm³/mol. The molecule has 1 unspecified atom stereocenters. The zero-order valence-electron chi connectivity index (χ0n) is 8.19. The number of hydrogen-bond acceptors (Lipinski definition) is 5. The molecule has 5 heteroatoms. The lowest BCUT2D eigenvalue weighted by molar-refractivity contribution is -0.297. The minimum absolute atomic E-state index is 0.139. The van der Waals surface area contributed by atoms with Crippen LogP contribution in [0.1, 0.15) is 6.92 Å². The van der Waals surface area contributed by atoms with Crippen molar-refractivity contribution in [3.8, 4) is 0 Å². The molecule has 0 spiro atoms. The molecule has 0 radical (unpaired) electrons. The van der Waals surface area contributed by atoms with Gasteiger partial charge in [-0.2, -0.15) is 0 Å². The van der Waals surface area contributed by atoms with E-state index in [4.69, 9.17) is 20.1 Å². The molecule has 0 aromatic heterocycles. The second-order valence-corrected chi connectivity index (χ2v) is 1.96. The SMILES string of the molecule is C=CC(=O)[O-].CC(O)CO.COC. The van der Waals surface area contributed by atoms with Gasteiger partial charge in [0.2, 0.25) is 0 Å². The van der Waals surface area contributed by atoms with Crippen molar-refractivity contribution in [2.75, 3.05) is 20.8 Å². The van der Waals surface area contributed by atoms with Crippen molar-refractivity contribution in [1.82, 2.24) is 0 Å². The lowest BCUT2D eigenvalue weighted by Gasteiger charge is -1.90. The average molecular weight is 193 g/mol. The minimum Gasteiger partial charge on any atom is -0.545 e. The van der Waals surface area contributed by atoms with Crippen molar-refractivity contribution in [3.63, 3.8) is 0 Å². The monoisotopic (exact) mass is 193 g/mol. The number of carboxylic acid groups (broad SMARTS) is 1. The number of aliphatic carboxylic acids is 1. The third-order valence-electron chi connectivity index (χ3n) is 0.431. The summed E-state index contributed by atoms with van der Waals surface area (Å²) in [6.07, 6.45) is 0.162. The Morgan fingerprint density at radius 2 is 1.85 bits per heavy atom. The Kier molecular flexibility index (Phi) is 23.9. The van der Waals surface area contributed by atoms with Crippen molar-refractivity contribution in [3.05, 3.63) is 12.7 Å². The third kappa shape index (κ3) is 96.0. The lowest BCUT2D eigenvalue weighted by Crippen LogP contribution is -2.17. The number of carbonyl (C=O) groups excluding carboxylic acids is 1. The molecule has 0 bridgehead atoms. The maximum absolute atomic E-state index is 9.14. The van der Waals surface area contributed by atoms with E-state index in [9.17, 15) is 0 Å². The summed E-state index contributed by atoms with van der Waals surface area (Å²) in [5, 5.41) is 25.1. The quantitative estimate of drug-likeness (QED) is 0.523. The molecule has 0 fully saturated rings. The van der Waals surface area contributed by atoms with Crippen LogP contribution in [0.2, 0.25) is 0 Å². The molecule has 0 aliphatic carbocycles. The molecule has 0 rings (SSSR count). The fraction of sp³-hybridized carbons (Fsp3) is 0.625. The van der Waals surface area contributed by atoms with E-state index in [1.807, 2.05) is 0 Å². The summed E-state index contributed by atoms with van der Waals surface area (Å²) >= 11 is 0. The van der Waals surface area contributed by atoms with Gasteiger partial charge in [0, 0.05) is 14.2 Å². The first kappa shape index (κ1) is 18.0. The molecule has 0 aromatic carbocycles. The molecule has 0 amide bonds. The number of aliphatic hydroxyl groups is 2. The van der Waals surface area contributed by atoms with Gasteiger partial charge in [0.15, 0.2) is 0 Å². The van der Waals surface area contributed by atoms with Crippen molar-refractivity contribution in [2.24, 2.45) is 0 Å². The van der Waals surface area contributed by atoms with E-state index in [-0.39, 0.29) is 6.61 Å². The van der Waals surface area contributed by atoms with Crippen molar-refractivity contribution in [2.45, 2.75) is 13.0 Å². The fourth-order valence-corrected chi connectivity index (χ4v) is 0. The zero-order valence-corrected chi connectivity index (χ0v) is 8.19. The number of hydrogen-bond donors (Lipinski definition) is 2. The van der Waals surface area contributed by atoms with Crippen LogP contribution in [-0.2, 0) is 9.53 Å². The third-order valence-corrected chi connectivity index (χ3v) is 0.431. The first-order valence-electron chi connectivity index (χ1n) is 3.48. The number of ether oxygens (including phenoxy) is 1. The maximum Gasteiger partial charge on any atom is 0.0742 e. The van der Waals surface area contributed by atoms with E-state index in [0.717, 1.165) is 6.08 Å². The van der Waals surface area contributed by atoms with Gasteiger partial charge in [-0.05, 0) is 13.0 Å². The molecule has 0 saturated carbocycles. The molecule has 2 N–H and O–H groups in total. The highest BCUT2D eigenvalue weighted by Crippen LogP contribution is 1.68. The summed E-state index contributed by atoms with van der Waals surface area (Å²) in [6, 6.07) is 0. The Morgan fingerprint density at radius 3 is 1.85 bits per heavy atom. The molecular formula is C8H17O5-. The van der Waals surface area contributed by atoms with E-state index >= 15 is 0 Å². The average Bonchev–Trinajstić information content (AvgIpc) is 2.07. The molecule has 0 saturated heterocycles. The standard InChI is InChI=1S/C3H8O2.C3H4O2.C2H6O/c1-3(5)2-4;1-2-3(4)5;1-3-2/h3-5H,2H2,1H3;2H,1H2,(H,4,5);1-2H3/p-1. The summed E-state index contributed by atoms with van der Waals surface area (Å²) < 4.78 is 4.25. The molecule has 5 nitrogen and oxygen atoms in total. The summed E-state index contributed by atoms with van der Waals surface area (Å²) in [5.41, 5.74) is 0. The molecule has 0 aliphatic rings. The Morgan fingerprint density at radius 1 is 1.69 bits per heavy atom. The number of carboxylic acids is 1. The molecule has 80 valence electrons. The Balaban J connectivity index is -0.000000120. The highest BCUT2D eigenvalue weighted by atomic mass is 16.4. The van der Waals surface area contributed by atoms with E-state index in [0.29, 0.717) is 0 Å². The van der Waals surface area contributed by atoms with Gasteiger partial charge in [0.1, 0.15) is 0 Å². The molecule has 0 aromatic rings. The van der Waals surface area contributed by atoms with Gasteiger partial charge in [-0.15, -0.1) is 0 Å². The highest BCUT2D eigenvalue weighted by Gasteiger charge is 1.83. The van der Waals surface area contributed by atoms with Gasteiger partial charge in [-0.25, -0.2) is 0 Å². The summed E-state index contributed by atoms with van der Waals surface area (Å²) in [4.78, 5) is 9.14. The number of carbonyl (C=O) groups is 1. The predicted octanol–water partition coefficient (Wildman–Crippen LogP) is -1.46. The normalized spacial score (nSPS) is 9.62. The van der Waals surface area contributed by atoms with Crippen LogP contribution in [0.25, 0.3) is 0 Å². The summed E-state index contributed by atoms with van der Waals surface area (Å²) in [7, 11) is 3.25. The lowest BCUT2D eigenvalue weighted by atomic mass is 10.5. The smallest absolute Gasteiger partial charge is 0.0742 e. The molecule has 0 heterocycles. The largest absolute Gasteiger partial charge is 0.545 e. The first-order valence-corrected chi connectivity index (χ1v) is 3.48. The van der Waals surface area contributed by atoms with Crippen LogP contribution in [0.5, 0.6) is 0 Å². The second-order valence-electron chi connectivity index (χ2n) is 1.96. The van der Waals surface area contributed by atoms with E-state index in [2.05, 4.69) is 11.3 Å². The fourth-order valence-electron chi connectivity index (χ4n) is 0. The summed E-state index contributed by atoms with van der Waals surface area (Å²) in [5.74, 6) is -1.23. The summed E-state index contributed by atoms with van der Waals surface area (Å²) in [6.45, 7) is 4.29. The second kappa shape index (κ2) is 17.3. The number of aliphatic hydroxyl groups excluding tert-OH is 2. The van der Waals surface area contributed by atoms with Crippen LogP contribution < -0.4 is 5.11 Å². The van der Waals surface area contributed by atoms with Crippen LogP contribution in [0, 0.1) is 0 Å². The van der Waals surface area contributed by atoms with Gasteiger partial charge in [-0.1, -0.05) is 6.58 Å². The molecular weight excluding hydrogens is 176 g/mol. The van der Waals surface area contributed by atoms with Crippen LogP contribution in [-0.4, -0.2) is 43.1 Å². The first-order chi connectivity index (χ1) is 5.95. The van der Waals surface area contributed by atoms with Crippen LogP contribution in [0.3, 0.4) is 0 Å². The van der Waals surface area contributed by atoms with Gasteiger partial charge < -0.3 is 24.9 Å². The Hall–Kier alpha value is -0.910. The van der Waals surface area contributed by atoms with Crippen molar-refractivity contribution >= 4 is 5.97 Å². The van der Waals surface area contributed by atoms with Gasteiger partial charge in [0.05, 0.1) is 18.7 Å². The van der Waals surface area contributed by atoms with Crippen LogP contribution in [0.15, 0.2) is 12.7 Å². The van der Waals surface area contributed by atoms with Crippen molar-refractivity contribution in [1.29, 1.82) is 0 Å². The topological polar surface area (TPSA) is 89.8 Å². The van der Waals surface area contributed by atoms with E-state index in [1.54, 1.807) is 14.2 Å². The van der Waals surface area contributed by atoms with Crippen LogP contribution in [0.4, 0.5) is 0 Å². The number of rotatable bonds is 2. The Bertz CT molecular complexity index is 111. The molecule has 0 aliphatic heterocycles. The highest BCUT2D eigenvalue weighted by molar-refractivity contribution is 5.76.